The summed E-state index contributed by atoms with van der Waals surface area (Å²) in [6, 6.07) is 5.77. The Labute approximate surface area is 108 Å². The summed E-state index contributed by atoms with van der Waals surface area (Å²) in [5, 5.41) is 5.32. The molecule has 0 radical (unpaired) electrons. The summed E-state index contributed by atoms with van der Waals surface area (Å²) in [7, 11) is -3.27. The highest BCUT2D eigenvalue weighted by Gasteiger charge is 2.14. The first-order valence-electron chi connectivity index (χ1n) is 5.47. The molecular weight excluding hydrogens is 252 g/mol. The number of hydrogen-bond donors (Lipinski definition) is 2. The summed E-state index contributed by atoms with van der Waals surface area (Å²) in [5.74, 6) is 0. The molecular formula is C12H18N2O3S. The zero-order valence-corrected chi connectivity index (χ0v) is 11.8. The number of amides is 2. The van der Waals surface area contributed by atoms with E-state index in [2.05, 4.69) is 10.6 Å². The summed E-state index contributed by atoms with van der Waals surface area (Å²) in [5.41, 5.74) is 0.0955. The van der Waals surface area contributed by atoms with E-state index in [1.807, 2.05) is 20.8 Å². The van der Waals surface area contributed by atoms with Crippen molar-refractivity contribution in [2.45, 2.75) is 31.2 Å². The molecule has 100 valence electrons. The van der Waals surface area contributed by atoms with E-state index in [-0.39, 0.29) is 16.5 Å². The van der Waals surface area contributed by atoms with Crippen LogP contribution in [0.1, 0.15) is 20.8 Å². The zero-order chi connectivity index (χ0) is 14.0. The van der Waals surface area contributed by atoms with E-state index in [1.165, 1.54) is 12.1 Å². The first-order chi connectivity index (χ1) is 8.08. The molecule has 0 fully saturated rings. The van der Waals surface area contributed by atoms with Crippen LogP contribution < -0.4 is 10.6 Å². The molecule has 0 aromatic heterocycles. The Bertz CT molecular complexity index is 545. The topological polar surface area (TPSA) is 75.3 Å². The lowest BCUT2D eigenvalue weighted by atomic mass is 10.1. The smallest absolute Gasteiger partial charge is 0.319 e. The van der Waals surface area contributed by atoms with Crippen molar-refractivity contribution in [2.75, 3.05) is 11.6 Å². The zero-order valence-electron chi connectivity index (χ0n) is 10.9. The number of urea groups is 1. The average molecular weight is 270 g/mol. The standard InChI is InChI=1S/C12H18N2O3S/c1-12(2,3)14-11(15)13-9-6-5-7-10(8-9)18(4,16)17/h5-8H,1-4H3,(H2,13,14,15). The summed E-state index contributed by atoms with van der Waals surface area (Å²) in [6.45, 7) is 5.58. The molecule has 6 heteroatoms. The van der Waals surface area contributed by atoms with Crippen LogP contribution >= 0.6 is 0 Å². The van der Waals surface area contributed by atoms with Crippen LogP contribution in [-0.4, -0.2) is 26.2 Å². The first kappa shape index (κ1) is 14.5. The van der Waals surface area contributed by atoms with Gasteiger partial charge in [0.15, 0.2) is 9.84 Å². The van der Waals surface area contributed by atoms with Crippen molar-refractivity contribution in [1.82, 2.24) is 5.32 Å². The molecule has 5 nitrogen and oxygen atoms in total. The van der Waals surface area contributed by atoms with E-state index >= 15 is 0 Å². The van der Waals surface area contributed by atoms with Crippen LogP contribution in [0.5, 0.6) is 0 Å². The number of hydrogen-bond acceptors (Lipinski definition) is 3. The molecule has 1 aromatic carbocycles. The fourth-order valence-corrected chi connectivity index (χ4v) is 1.97. The second-order valence-corrected chi connectivity index (χ2v) is 7.14. The van der Waals surface area contributed by atoms with E-state index in [1.54, 1.807) is 12.1 Å². The molecule has 1 rings (SSSR count). The van der Waals surface area contributed by atoms with Gasteiger partial charge in [-0.1, -0.05) is 6.07 Å². The van der Waals surface area contributed by atoms with Crippen LogP contribution in [0.2, 0.25) is 0 Å². The molecule has 1 aromatic rings. The van der Waals surface area contributed by atoms with Crippen molar-refractivity contribution in [3.8, 4) is 0 Å². The predicted molar refractivity (Wildman–Crippen MR) is 71.5 cm³/mol. The van der Waals surface area contributed by atoms with Crippen LogP contribution in [-0.2, 0) is 9.84 Å². The Morgan fingerprint density at radius 2 is 1.83 bits per heavy atom. The summed E-state index contributed by atoms with van der Waals surface area (Å²) < 4.78 is 22.7. The molecule has 0 saturated carbocycles. The molecule has 0 aliphatic rings. The van der Waals surface area contributed by atoms with Crippen molar-refractivity contribution in [3.05, 3.63) is 24.3 Å². The van der Waals surface area contributed by atoms with Crippen LogP contribution in [0.4, 0.5) is 10.5 Å². The lowest BCUT2D eigenvalue weighted by Crippen LogP contribution is -2.43. The van der Waals surface area contributed by atoms with Gasteiger partial charge in [-0.2, -0.15) is 0 Å². The van der Waals surface area contributed by atoms with E-state index in [4.69, 9.17) is 0 Å². The predicted octanol–water partition coefficient (Wildman–Crippen LogP) is 2.01. The third-order valence-electron chi connectivity index (χ3n) is 2.01. The number of carbonyl (C=O) groups excluding carboxylic acids is 1. The van der Waals surface area contributed by atoms with E-state index in [9.17, 15) is 13.2 Å². The summed E-state index contributed by atoms with van der Waals surface area (Å²) >= 11 is 0. The van der Waals surface area contributed by atoms with Gasteiger partial charge in [-0.05, 0) is 39.0 Å². The highest BCUT2D eigenvalue weighted by molar-refractivity contribution is 7.90. The van der Waals surface area contributed by atoms with Gasteiger partial charge >= 0.3 is 6.03 Å². The van der Waals surface area contributed by atoms with Crippen LogP contribution in [0.3, 0.4) is 0 Å². The van der Waals surface area contributed by atoms with E-state index < -0.39 is 9.84 Å². The molecule has 0 bridgehead atoms. The van der Waals surface area contributed by atoms with Crippen LogP contribution in [0.15, 0.2) is 29.2 Å². The first-order valence-corrected chi connectivity index (χ1v) is 7.36. The van der Waals surface area contributed by atoms with Crippen molar-refractivity contribution in [2.24, 2.45) is 0 Å². The van der Waals surface area contributed by atoms with Gasteiger partial charge in [-0.3, -0.25) is 0 Å². The quantitative estimate of drug-likeness (QED) is 0.863. The number of sulfone groups is 1. The van der Waals surface area contributed by atoms with Crippen molar-refractivity contribution in [3.63, 3.8) is 0 Å². The van der Waals surface area contributed by atoms with Crippen molar-refractivity contribution in [1.29, 1.82) is 0 Å². The minimum absolute atomic E-state index is 0.177. The molecule has 18 heavy (non-hydrogen) atoms. The van der Waals surface area contributed by atoms with Gasteiger partial charge < -0.3 is 10.6 Å². The van der Waals surface area contributed by atoms with Crippen LogP contribution in [0.25, 0.3) is 0 Å². The highest BCUT2D eigenvalue weighted by Crippen LogP contribution is 2.15. The van der Waals surface area contributed by atoms with E-state index in [0.29, 0.717) is 5.69 Å². The largest absolute Gasteiger partial charge is 0.333 e. The lowest BCUT2D eigenvalue weighted by molar-refractivity contribution is 0.244. The molecule has 0 saturated heterocycles. The third kappa shape index (κ3) is 4.75. The SMILES string of the molecule is CC(C)(C)NC(=O)Nc1cccc(S(C)(=O)=O)c1. The molecule has 0 spiro atoms. The van der Waals surface area contributed by atoms with Gasteiger partial charge in [0.1, 0.15) is 0 Å². The molecule has 0 aliphatic heterocycles. The Kier molecular flexibility index (Phi) is 4.01. The fourth-order valence-electron chi connectivity index (χ4n) is 1.31. The van der Waals surface area contributed by atoms with Crippen molar-refractivity contribution < 1.29 is 13.2 Å². The summed E-state index contributed by atoms with van der Waals surface area (Å²) in [4.78, 5) is 11.8. The minimum atomic E-state index is -3.27. The Balaban J connectivity index is 2.84. The maximum Gasteiger partial charge on any atom is 0.319 e. The third-order valence-corrected chi connectivity index (χ3v) is 3.12. The lowest BCUT2D eigenvalue weighted by Gasteiger charge is -2.20. The maximum absolute atomic E-state index is 11.6. The van der Waals surface area contributed by atoms with Crippen molar-refractivity contribution >= 4 is 21.6 Å². The molecule has 0 atom stereocenters. The van der Waals surface area contributed by atoms with Gasteiger partial charge in [0, 0.05) is 17.5 Å². The van der Waals surface area contributed by atoms with Gasteiger partial charge in [-0.15, -0.1) is 0 Å². The van der Waals surface area contributed by atoms with Gasteiger partial charge in [0.25, 0.3) is 0 Å². The Morgan fingerprint density at radius 1 is 1.22 bits per heavy atom. The molecule has 2 amide bonds. The Hall–Kier alpha value is -1.56. The highest BCUT2D eigenvalue weighted by atomic mass is 32.2. The number of carbonyl (C=O) groups is 1. The minimum Gasteiger partial charge on any atom is -0.333 e. The van der Waals surface area contributed by atoms with E-state index in [0.717, 1.165) is 6.26 Å². The van der Waals surface area contributed by atoms with Gasteiger partial charge in [0.2, 0.25) is 0 Å². The second kappa shape index (κ2) is 4.97. The number of anilines is 1. The molecule has 2 N–H and O–H groups in total. The Morgan fingerprint density at radius 3 is 2.33 bits per heavy atom. The fraction of sp³-hybridized carbons (Fsp3) is 0.417. The number of nitrogens with one attached hydrogen (secondary N) is 2. The monoisotopic (exact) mass is 270 g/mol. The molecule has 0 heterocycles. The number of benzene rings is 1. The maximum atomic E-state index is 11.6. The average Bonchev–Trinajstić information content (AvgIpc) is 2.13. The van der Waals surface area contributed by atoms with Gasteiger partial charge in [0.05, 0.1) is 4.90 Å². The second-order valence-electron chi connectivity index (χ2n) is 5.13. The van der Waals surface area contributed by atoms with Crippen LogP contribution in [0, 0.1) is 0 Å². The number of rotatable bonds is 2. The summed E-state index contributed by atoms with van der Waals surface area (Å²) in [6.07, 6.45) is 1.13. The molecule has 0 unspecified atom stereocenters. The van der Waals surface area contributed by atoms with Gasteiger partial charge in [-0.25, -0.2) is 13.2 Å². The normalized spacial score (nSPS) is 12.0. The molecule has 0 aliphatic carbocycles.